The zero-order valence-corrected chi connectivity index (χ0v) is 7.53. The van der Waals surface area contributed by atoms with Crippen molar-refractivity contribution in [3.63, 3.8) is 0 Å². The van der Waals surface area contributed by atoms with E-state index in [1.165, 1.54) is 0 Å². The van der Waals surface area contributed by atoms with E-state index in [0.717, 1.165) is 32.3 Å². The number of unbranched alkanes of at least 4 members (excludes halogenated alkanes) is 3. The van der Waals surface area contributed by atoms with Crippen molar-refractivity contribution >= 4 is 7.32 Å². The van der Waals surface area contributed by atoms with Gasteiger partial charge in [0.1, 0.15) is 0 Å². The van der Waals surface area contributed by atoms with E-state index < -0.39 is 7.32 Å². The topological polar surface area (TPSA) is 58.9 Å². The fraction of sp³-hybridized carbons (Fsp3) is 1.00. The van der Waals surface area contributed by atoms with Gasteiger partial charge in [-0.3, -0.25) is 0 Å². The number of hydrogen-bond donors (Lipinski definition) is 2. The van der Waals surface area contributed by atoms with Crippen molar-refractivity contribution in [1.29, 1.82) is 0 Å². The van der Waals surface area contributed by atoms with Gasteiger partial charge in [0.15, 0.2) is 0 Å². The number of rotatable bonds is 8. The molecular formula is C7H17BO4. The van der Waals surface area contributed by atoms with Crippen LogP contribution in [-0.2, 0) is 9.39 Å². The molecule has 0 aliphatic rings. The highest BCUT2D eigenvalue weighted by atomic mass is 16.6. The van der Waals surface area contributed by atoms with Crippen LogP contribution in [0.2, 0.25) is 0 Å². The maximum atomic E-state index is 8.31. The minimum atomic E-state index is -1.62. The fourth-order valence-electron chi connectivity index (χ4n) is 0.891. The van der Waals surface area contributed by atoms with Crippen LogP contribution in [0.1, 0.15) is 25.7 Å². The Hall–Kier alpha value is -0.0951. The second kappa shape index (κ2) is 9.00. The van der Waals surface area contributed by atoms with Crippen LogP contribution in [0.15, 0.2) is 0 Å². The number of methoxy groups -OCH3 is 1. The normalized spacial score (nSPS) is 10.2. The average molecular weight is 176 g/mol. The van der Waals surface area contributed by atoms with Crippen molar-refractivity contribution in [1.82, 2.24) is 0 Å². The summed E-state index contributed by atoms with van der Waals surface area (Å²) in [5.74, 6) is 0. The minimum Gasteiger partial charge on any atom is -0.402 e. The summed E-state index contributed by atoms with van der Waals surface area (Å²) in [6, 6.07) is 0. The smallest absolute Gasteiger partial charge is 0.402 e. The number of hydrogen-bond acceptors (Lipinski definition) is 4. The van der Waals surface area contributed by atoms with Crippen molar-refractivity contribution in [2.45, 2.75) is 25.7 Å². The molecule has 0 spiro atoms. The SMILES string of the molecule is COCCCCCCOB(O)O. The summed E-state index contributed by atoms with van der Waals surface area (Å²) in [4.78, 5) is 0. The van der Waals surface area contributed by atoms with Crippen molar-refractivity contribution in [3.05, 3.63) is 0 Å². The van der Waals surface area contributed by atoms with Gasteiger partial charge in [0.25, 0.3) is 0 Å². The Morgan fingerprint density at radius 3 is 2.08 bits per heavy atom. The summed E-state index contributed by atoms with van der Waals surface area (Å²) >= 11 is 0. The molecule has 0 saturated heterocycles. The van der Waals surface area contributed by atoms with E-state index in [-0.39, 0.29) is 0 Å². The van der Waals surface area contributed by atoms with Gasteiger partial charge in [0.05, 0.1) is 0 Å². The quantitative estimate of drug-likeness (QED) is 0.409. The van der Waals surface area contributed by atoms with E-state index in [1.54, 1.807) is 7.11 Å². The first-order valence-electron chi connectivity index (χ1n) is 4.24. The molecule has 0 unspecified atom stereocenters. The zero-order valence-electron chi connectivity index (χ0n) is 7.53. The highest BCUT2D eigenvalue weighted by Gasteiger charge is 2.06. The lowest BCUT2D eigenvalue weighted by Crippen LogP contribution is -2.17. The van der Waals surface area contributed by atoms with Crippen LogP contribution in [0, 0.1) is 0 Å². The Balaban J connectivity index is 2.82. The van der Waals surface area contributed by atoms with Gasteiger partial charge in [-0.05, 0) is 12.8 Å². The van der Waals surface area contributed by atoms with Crippen molar-refractivity contribution in [2.75, 3.05) is 20.3 Å². The molecule has 72 valence electrons. The highest BCUT2D eigenvalue weighted by molar-refractivity contribution is 6.32. The summed E-state index contributed by atoms with van der Waals surface area (Å²) in [5.41, 5.74) is 0. The molecule has 0 aliphatic heterocycles. The second-order valence-electron chi connectivity index (χ2n) is 2.60. The minimum absolute atomic E-state index is 0.407. The lowest BCUT2D eigenvalue weighted by Gasteiger charge is -2.02. The van der Waals surface area contributed by atoms with Crippen molar-refractivity contribution in [3.8, 4) is 0 Å². The van der Waals surface area contributed by atoms with Gasteiger partial charge >= 0.3 is 7.32 Å². The van der Waals surface area contributed by atoms with E-state index in [9.17, 15) is 0 Å². The monoisotopic (exact) mass is 176 g/mol. The largest absolute Gasteiger partial charge is 0.633 e. The summed E-state index contributed by atoms with van der Waals surface area (Å²) < 4.78 is 9.40. The lowest BCUT2D eigenvalue weighted by molar-refractivity contribution is 0.176. The standard InChI is InChI=1S/C7H17BO4/c1-11-6-4-2-3-5-7-12-8(9)10/h9-10H,2-7H2,1H3. The summed E-state index contributed by atoms with van der Waals surface area (Å²) in [5, 5.41) is 16.6. The van der Waals surface area contributed by atoms with E-state index in [0.29, 0.717) is 6.61 Å². The molecule has 12 heavy (non-hydrogen) atoms. The van der Waals surface area contributed by atoms with Gasteiger partial charge in [-0.25, -0.2) is 0 Å². The van der Waals surface area contributed by atoms with Crippen LogP contribution in [0.5, 0.6) is 0 Å². The van der Waals surface area contributed by atoms with Crippen LogP contribution in [0.25, 0.3) is 0 Å². The van der Waals surface area contributed by atoms with E-state index in [1.807, 2.05) is 0 Å². The van der Waals surface area contributed by atoms with Crippen LogP contribution in [0.4, 0.5) is 0 Å². The van der Waals surface area contributed by atoms with Gasteiger partial charge < -0.3 is 19.4 Å². The second-order valence-corrected chi connectivity index (χ2v) is 2.60. The molecule has 0 aromatic heterocycles. The van der Waals surface area contributed by atoms with Crippen LogP contribution in [-0.4, -0.2) is 37.7 Å². The lowest BCUT2D eigenvalue weighted by atomic mass is 10.2. The molecule has 0 radical (unpaired) electrons. The molecule has 2 N–H and O–H groups in total. The molecular weight excluding hydrogens is 159 g/mol. The molecule has 5 heteroatoms. The molecule has 4 nitrogen and oxygen atoms in total. The first kappa shape index (κ1) is 11.9. The zero-order chi connectivity index (χ0) is 9.23. The summed E-state index contributed by atoms with van der Waals surface area (Å²) in [6.07, 6.45) is 4.05. The van der Waals surface area contributed by atoms with Gasteiger partial charge in [-0.15, -0.1) is 0 Å². The predicted octanol–water partition coefficient (Wildman–Crippen LogP) is 0.179. The van der Waals surface area contributed by atoms with E-state index in [2.05, 4.69) is 4.65 Å². The Labute approximate surface area is 73.7 Å². The third-order valence-electron chi connectivity index (χ3n) is 1.51. The van der Waals surface area contributed by atoms with Crippen molar-refractivity contribution in [2.24, 2.45) is 0 Å². The molecule has 0 saturated carbocycles. The predicted molar refractivity (Wildman–Crippen MR) is 46.5 cm³/mol. The molecule has 0 rings (SSSR count). The molecule has 0 atom stereocenters. The molecule has 0 fully saturated rings. The Morgan fingerprint density at radius 1 is 1.00 bits per heavy atom. The van der Waals surface area contributed by atoms with Gasteiger partial charge in [-0.1, -0.05) is 12.8 Å². The highest BCUT2D eigenvalue weighted by Crippen LogP contribution is 1.99. The van der Waals surface area contributed by atoms with E-state index >= 15 is 0 Å². The first-order valence-corrected chi connectivity index (χ1v) is 4.24. The van der Waals surface area contributed by atoms with Gasteiger partial charge in [0, 0.05) is 20.3 Å². The summed E-state index contributed by atoms with van der Waals surface area (Å²) in [7, 11) is 0.0644. The van der Waals surface area contributed by atoms with Crippen LogP contribution in [0.3, 0.4) is 0 Å². The maximum absolute atomic E-state index is 8.31. The molecule has 0 aliphatic carbocycles. The maximum Gasteiger partial charge on any atom is 0.633 e. The van der Waals surface area contributed by atoms with Crippen molar-refractivity contribution < 1.29 is 19.4 Å². The Morgan fingerprint density at radius 2 is 1.58 bits per heavy atom. The first-order chi connectivity index (χ1) is 5.77. The summed E-state index contributed by atoms with van der Waals surface area (Å²) in [6.45, 7) is 1.20. The Bertz CT molecular complexity index is 89.5. The third kappa shape index (κ3) is 9.90. The molecule has 0 aromatic rings. The van der Waals surface area contributed by atoms with E-state index in [4.69, 9.17) is 14.8 Å². The fourth-order valence-corrected chi connectivity index (χ4v) is 0.891. The molecule has 0 aromatic carbocycles. The molecule has 0 bridgehead atoms. The molecule has 0 amide bonds. The van der Waals surface area contributed by atoms with Gasteiger partial charge in [0.2, 0.25) is 0 Å². The third-order valence-corrected chi connectivity index (χ3v) is 1.51. The van der Waals surface area contributed by atoms with Gasteiger partial charge in [-0.2, -0.15) is 0 Å². The number of ether oxygens (including phenoxy) is 1. The Kier molecular flexibility index (Phi) is 8.93. The van der Waals surface area contributed by atoms with Crippen LogP contribution >= 0.6 is 0 Å². The molecule has 0 heterocycles. The van der Waals surface area contributed by atoms with Crippen LogP contribution < -0.4 is 0 Å². The average Bonchev–Trinajstić information content (AvgIpc) is 2.02.